The van der Waals surface area contributed by atoms with Gasteiger partial charge in [0, 0.05) is 30.5 Å². The van der Waals surface area contributed by atoms with Crippen molar-refractivity contribution in [3.05, 3.63) is 58.4 Å². The third kappa shape index (κ3) is 3.29. The Labute approximate surface area is 122 Å². The summed E-state index contributed by atoms with van der Waals surface area (Å²) in [4.78, 5) is 11.9. The van der Waals surface area contributed by atoms with E-state index >= 15 is 0 Å². The molecule has 0 aliphatic carbocycles. The Morgan fingerprint density at radius 2 is 1.90 bits per heavy atom. The van der Waals surface area contributed by atoms with Gasteiger partial charge in [-0.15, -0.1) is 0 Å². The summed E-state index contributed by atoms with van der Waals surface area (Å²) in [5, 5.41) is 2.71. The maximum atomic E-state index is 13.1. The van der Waals surface area contributed by atoms with Crippen LogP contribution in [-0.4, -0.2) is 17.0 Å². The van der Waals surface area contributed by atoms with Crippen LogP contribution in [0.4, 0.5) is 8.78 Å². The van der Waals surface area contributed by atoms with Crippen molar-refractivity contribution in [3.63, 3.8) is 0 Å². The van der Waals surface area contributed by atoms with Gasteiger partial charge < -0.3 is 9.88 Å². The average Bonchev–Trinajstić information content (AvgIpc) is 2.69. The van der Waals surface area contributed by atoms with E-state index in [0.717, 1.165) is 23.5 Å². The fourth-order valence-electron chi connectivity index (χ4n) is 2.24. The van der Waals surface area contributed by atoms with Crippen LogP contribution in [0.2, 0.25) is 0 Å². The molecule has 0 aliphatic heterocycles. The predicted octanol–water partition coefficient (Wildman–Crippen LogP) is 2.89. The van der Waals surface area contributed by atoms with Gasteiger partial charge in [-0.2, -0.15) is 0 Å². The van der Waals surface area contributed by atoms with Crippen LogP contribution in [0.25, 0.3) is 0 Å². The molecule has 2 aromatic rings. The molecule has 0 fully saturated rings. The Bertz CT molecular complexity index is 677. The minimum atomic E-state index is -1.02. The first-order valence-corrected chi connectivity index (χ1v) is 6.75. The van der Waals surface area contributed by atoms with Gasteiger partial charge in [-0.3, -0.25) is 4.79 Å². The Kier molecular flexibility index (Phi) is 4.40. The lowest BCUT2D eigenvalue weighted by Crippen LogP contribution is -2.26. The maximum Gasteiger partial charge on any atom is 0.251 e. The number of carbonyl (C=O) groups excluding carboxylic acids is 1. The van der Waals surface area contributed by atoms with Crippen molar-refractivity contribution < 1.29 is 13.6 Å². The molecule has 1 aromatic heterocycles. The molecule has 2 rings (SSSR count). The Hall–Kier alpha value is -2.17. The van der Waals surface area contributed by atoms with E-state index in [9.17, 15) is 13.6 Å². The summed E-state index contributed by atoms with van der Waals surface area (Å²) in [5.74, 6) is -2.38. The largest absolute Gasteiger partial charge is 0.352 e. The number of aryl methyl sites for hydroxylation is 1. The molecule has 1 N–H and O–H groups in total. The highest BCUT2D eigenvalue weighted by Gasteiger charge is 2.10. The van der Waals surface area contributed by atoms with E-state index in [1.54, 1.807) is 0 Å². The number of benzene rings is 1. The van der Waals surface area contributed by atoms with Gasteiger partial charge in [-0.25, -0.2) is 8.78 Å². The second kappa shape index (κ2) is 6.08. The third-order valence-corrected chi connectivity index (χ3v) is 3.74. The zero-order chi connectivity index (χ0) is 15.6. The lowest BCUT2D eigenvalue weighted by Gasteiger charge is -2.06. The van der Waals surface area contributed by atoms with Crippen molar-refractivity contribution >= 4 is 5.91 Å². The van der Waals surface area contributed by atoms with Gasteiger partial charge in [0.25, 0.3) is 5.91 Å². The third-order valence-electron chi connectivity index (χ3n) is 3.74. The summed E-state index contributed by atoms with van der Waals surface area (Å²) < 4.78 is 28.0. The van der Waals surface area contributed by atoms with Crippen molar-refractivity contribution in [3.8, 4) is 0 Å². The zero-order valence-electron chi connectivity index (χ0n) is 12.3. The van der Waals surface area contributed by atoms with E-state index in [-0.39, 0.29) is 5.56 Å². The fraction of sp³-hybridized carbons (Fsp3) is 0.312. The summed E-state index contributed by atoms with van der Waals surface area (Å²) in [6.45, 7) is 4.50. The zero-order valence-corrected chi connectivity index (χ0v) is 12.3. The maximum absolute atomic E-state index is 13.1. The summed E-state index contributed by atoms with van der Waals surface area (Å²) in [6.07, 6.45) is 0.697. The van der Waals surface area contributed by atoms with Gasteiger partial charge >= 0.3 is 0 Å². The average molecular weight is 292 g/mol. The smallest absolute Gasteiger partial charge is 0.251 e. The summed E-state index contributed by atoms with van der Waals surface area (Å²) >= 11 is 0. The van der Waals surface area contributed by atoms with Gasteiger partial charge in [0.05, 0.1) is 0 Å². The van der Waals surface area contributed by atoms with Gasteiger partial charge in [-0.1, -0.05) is 0 Å². The number of amides is 1. The fourth-order valence-corrected chi connectivity index (χ4v) is 2.24. The molecule has 0 radical (unpaired) electrons. The van der Waals surface area contributed by atoms with E-state index in [2.05, 4.69) is 16.0 Å². The first kappa shape index (κ1) is 15.2. The van der Waals surface area contributed by atoms with Crippen LogP contribution < -0.4 is 5.32 Å². The molecular formula is C16H18F2N2O. The molecule has 0 spiro atoms. The van der Waals surface area contributed by atoms with Crippen LogP contribution in [0, 0.1) is 25.5 Å². The molecule has 112 valence electrons. The van der Waals surface area contributed by atoms with Crippen LogP contribution in [0.15, 0.2) is 24.3 Å². The van der Waals surface area contributed by atoms with Crippen molar-refractivity contribution in [2.24, 2.45) is 7.05 Å². The molecule has 5 heteroatoms. The van der Waals surface area contributed by atoms with Crippen LogP contribution in [0.1, 0.15) is 27.3 Å². The van der Waals surface area contributed by atoms with E-state index in [4.69, 9.17) is 0 Å². The predicted molar refractivity (Wildman–Crippen MR) is 77.3 cm³/mol. The molecule has 1 aromatic carbocycles. The highest BCUT2D eigenvalue weighted by atomic mass is 19.2. The van der Waals surface area contributed by atoms with Gasteiger partial charge in [0.2, 0.25) is 0 Å². The molecule has 21 heavy (non-hydrogen) atoms. The standard InChI is InChI=1S/C16H18F2N2O/c1-10-8-12(11(2)20(10)3)6-7-19-16(21)13-4-5-14(17)15(18)9-13/h4-5,8-9H,6-7H2,1-3H3,(H,19,21). The SMILES string of the molecule is Cc1cc(CCNC(=O)c2ccc(F)c(F)c2)c(C)n1C. The first-order valence-electron chi connectivity index (χ1n) is 6.75. The highest BCUT2D eigenvalue weighted by Crippen LogP contribution is 2.13. The number of rotatable bonds is 4. The van der Waals surface area contributed by atoms with Crippen LogP contribution in [0.5, 0.6) is 0 Å². The minimum absolute atomic E-state index is 0.120. The number of hydrogen-bond acceptors (Lipinski definition) is 1. The number of aromatic nitrogens is 1. The van der Waals surface area contributed by atoms with Crippen molar-refractivity contribution in [2.75, 3.05) is 6.54 Å². The van der Waals surface area contributed by atoms with Crippen molar-refractivity contribution in [1.29, 1.82) is 0 Å². The van der Waals surface area contributed by atoms with E-state index in [1.165, 1.54) is 11.6 Å². The molecule has 0 unspecified atom stereocenters. The van der Waals surface area contributed by atoms with E-state index < -0.39 is 17.5 Å². The number of nitrogens with one attached hydrogen (secondary N) is 1. The summed E-state index contributed by atoms with van der Waals surface area (Å²) in [6, 6.07) is 5.21. The lowest BCUT2D eigenvalue weighted by atomic mass is 10.1. The monoisotopic (exact) mass is 292 g/mol. The number of hydrogen-bond donors (Lipinski definition) is 1. The summed E-state index contributed by atoms with van der Waals surface area (Å²) in [7, 11) is 1.99. The number of halogens is 2. The topological polar surface area (TPSA) is 34.0 Å². The molecule has 0 saturated heterocycles. The molecule has 3 nitrogen and oxygen atoms in total. The van der Waals surface area contributed by atoms with Crippen LogP contribution in [0.3, 0.4) is 0 Å². The van der Waals surface area contributed by atoms with Crippen LogP contribution >= 0.6 is 0 Å². The highest BCUT2D eigenvalue weighted by molar-refractivity contribution is 5.94. The second-order valence-corrected chi connectivity index (χ2v) is 5.09. The lowest BCUT2D eigenvalue weighted by molar-refractivity contribution is 0.0953. The van der Waals surface area contributed by atoms with Gasteiger partial charge in [0.1, 0.15) is 0 Å². The number of carbonyl (C=O) groups is 1. The first-order chi connectivity index (χ1) is 9.90. The second-order valence-electron chi connectivity index (χ2n) is 5.09. The molecule has 0 saturated carbocycles. The Morgan fingerprint density at radius 1 is 1.19 bits per heavy atom. The Balaban J connectivity index is 1.95. The Morgan fingerprint density at radius 3 is 2.48 bits per heavy atom. The van der Waals surface area contributed by atoms with E-state index in [1.807, 2.05) is 20.9 Å². The van der Waals surface area contributed by atoms with Gasteiger partial charge in [0.15, 0.2) is 11.6 Å². The van der Waals surface area contributed by atoms with Gasteiger partial charge in [-0.05, 0) is 50.1 Å². The van der Waals surface area contributed by atoms with Crippen molar-refractivity contribution in [1.82, 2.24) is 9.88 Å². The minimum Gasteiger partial charge on any atom is -0.352 e. The van der Waals surface area contributed by atoms with Crippen molar-refractivity contribution in [2.45, 2.75) is 20.3 Å². The molecule has 0 aliphatic rings. The molecular weight excluding hydrogens is 274 g/mol. The number of nitrogens with zero attached hydrogens (tertiary/aromatic N) is 1. The normalized spacial score (nSPS) is 10.7. The molecule has 1 heterocycles. The molecule has 0 bridgehead atoms. The molecule has 1 amide bonds. The van der Waals surface area contributed by atoms with E-state index in [0.29, 0.717) is 13.0 Å². The summed E-state index contributed by atoms with van der Waals surface area (Å²) in [5.41, 5.74) is 3.61. The quantitative estimate of drug-likeness (QED) is 0.923. The molecule has 0 atom stereocenters. The van der Waals surface area contributed by atoms with Crippen LogP contribution in [-0.2, 0) is 13.5 Å².